The molecule has 0 amide bonds. The molecule has 56 valence electrons. The van der Waals surface area contributed by atoms with Crippen molar-refractivity contribution in [2.24, 2.45) is 5.92 Å². The molecule has 3 heteroatoms. The van der Waals surface area contributed by atoms with Crippen LogP contribution in [0.2, 0.25) is 0 Å². The van der Waals surface area contributed by atoms with Gasteiger partial charge in [0.15, 0.2) is 5.78 Å². The lowest BCUT2D eigenvalue weighted by Crippen LogP contribution is -2.12. The van der Waals surface area contributed by atoms with Crippen LogP contribution in [0.15, 0.2) is 12.7 Å². The Kier molecular flexibility index (Phi) is 3.39. The zero-order valence-corrected chi connectivity index (χ0v) is 5.83. The number of aliphatic carboxylic acids is 1. The Morgan fingerprint density at radius 1 is 1.70 bits per heavy atom. The van der Waals surface area contributed by atoms with Crippen LogP contribution in [0.1, 0.15) is 13.3 Å². The number of carbonyl (C=O) groups excluding carboxylic acids is 1. The van der Waals surface area contributed by atoms with E-state index in [9.17, 15) is 9.59 Å². The van der Waals surface area contributed by atoms with Gasteiger partial charge in [0.2, 0.25) is 0 Å². The summed E-state index contributed by atoms with van der Waals surface area (Å²) in [4.78, 5) is 20.7. The highest BCUT2D eigenvalue weighted by atomic mass is 16.4. The molecule has 0 radical (unpaired) electrons. The molecule has 0 aliphatic carbocycles. The minimum absolute atomic E-state index is 0.0405. The third-order valence-electron chi connectivity index (χ3n) is 1.16. The molecule has 0 aliphatic heterocycles. The maximum absolute atomic E-state index is 10.5. The van der Waals surface area contributed by atoms with Crippen molar-refractivity contribution < 1.29 is 14.7 Å². The molecule has 0 fully saturated rings. The lowest BCUT2D eigenvalue weighted by atomic mass is 10.1. The van der Waals surface area contributed by atoms with Crippen LogP contribution in [-0.4, -0.2) is 16.9 Å². The molecule has 0 spiro atoms. The maximum Gasteiger partial charge on any atom is 0.306 e. The summed E-state index contributed by atoms with van der Waals surface area (Å²) < 4.78 is 0. The Morgan fingerprint density at radius 2 is 2.20 bits per heavy atom. The number of carboxylic acids is 1. The van der Waals surface area contributed by atoms with Gasteiger partial charge < -0.3 is 5.11 Å². The first-order chi connectivity index (χ1) is 4.57. The first kappa shape index (κ1) is 8.88. The molecule has 10 heavy (non-hydrogen) atoms. The van der Waals surface area contributed by atoms with Crippen LogP contribution in [0.4, 0.5) is 0 Å². The summed E-state index contributed by atoms with van der Waals surface area (Å²) >= 11 is 0. The molecule has 0 aromatic heterocycles. The van der Waals surface area contributed by atoms with Gasteiger partial charge in [-0.3, -0.25) is 9.59 Å². The van der Waals surface area contributed by atoms with Crippen molar-refractivity contribution in [1.29, 1.82) is 0 Å². The first-order valence-corrected chi connectivity index (χ1v) is 2.96. The Labute approximate surface area is 59.4 Å². The second-order valence-electron chi connectivity index (χ2n) is 2.11. The van der Waals surface area contributed by atoms with Gasteiger partial charge in [0.25, 0.3) is 0 Å². The molecule has 0 aromatic rings. The van der Waals surface area contributed by atoms with Crippen molar-refractivity contribution in [3.63, 3.8) is 0 Å². The van der Waals surface area contributed by atoms with E-state index in [1.54, 1.807) is 0 Å². The van der Waals surface area contributed by atoms with E-state index in [0.717, 1.165) is 6.08 Å². The van der Waals surface area contributed by atoms with E-state index in [-0.39, 0.29) is 12.2 Å². The fraction of sp³-hybridized carbons (Fsp3) is 0.429. The number of hydrogen-bond acceptors (Lipinski definition) is 2. The quantitative estimate of drug-likeness (QED) is 0.592. The predicted octanol–water partition coefficient (Wildman–Crippen LogP) is 0.852. The third kappa shape index (κ3) is 3.02. The second kappa shape index (κ2) is 3.82. The Bertz CT molecular complexity index is 160. The van der Waals surface area contributed by atoms with Gasteiger partial charge in [0, 0.05) is 6.42 Å². The van der Waals surface area contributed by atoms with E-state index in [0.29, 0.717) is 0 Å². The molecule has 0 bridgehead atoms. The van der Waals surface area contributed by atoms with Gasteiger partial charge in [-0.15, -0.1) is 0 Å². The molecule has 0 aromatic carbocycles. The third-order valence-corrected chi connectivity index (χ3v) is 1.16. The fourth-order valence-electron chi connectivity index (χ4n) is 0.472. The highest BCUT2D eigenvalue weighted by Gasteiger charge is 2.12. The van der Waals surface area contributed by atoms with Gasteiger partial charge in [-0.25, -0.2) is 0 Å². The average molecular weight is 142 g/mol. The molecule has 0 heterocycles. The minimum atomic E-state index is -0.949. The molecule has 0 rings (SSSR count). The SMILES string of the molecule is C=CC(=O)CC(C)C(=O)O. The summed E-state index contributed by atoms with van der Waals surface area (Å²) in [5.41, 5.74) is 0. The van der Waals surface area contributed by atoms with E-state index in [2.05, 4.69) is 6.58 Å². The van der Waals surface area contributed by atoms with Gasteiger partial charge in [0.05, 0.1) is 5.92 Å². The predicted molar refractivity (Wildman–Crippen MR) is 36.6 cm³/mol. The van der Waals surface area contributed by atoms with Crippen molar-refractivity contribution in [1.82, 2.24) is 0 Å². The van der Waals surface area contributed by atoms with Gasteiger partial charge in [-0.2, -0.15) is 0 Å². The molecule has 0 aliphatic rings. The molecule has 1 N–H and O–H groups in total. The Hall–Kier alpha value is -1.12. The Balaban J connectivity index is 3.79. The number of allylic oxidation sites excluding steroid dienone is 1. The van der Waals surface area contributed by atoms with Crippen molar-refractivity contribution in [2.45, 2.75) is 13.3 Å². The van der Waals surface area contributed by atoms with Gasteiger partial charge in [0.1, 0.15) is 0 Å². The highest BCUT2D eigenvalue weighted by molar-refractivity contribution is 5.91. The van der Waals surface area contributed by atoms with E-state index < -0.39 is 11.9 Å². The van der Waals surface area contributed by atoms with Gasteiger partial charge in [-0.05, 0) is 6.08 Å². The fourth-order valence-corrected chi connectivity index (χ4v) is 0.472. The van der Waals surface area contributed by atoms with Crippen LogP contribution in [0.25, 0.3) is 0 Å². The summed E-state index contributed by atoms with van der Waals surface area (Å²) in [6, 6.07) is 0. The highest BCUT2D eigenvalue weighted by Crippen LogP contribution is 2.01. The number of carbonyl (C=O) groups is 2. The van der Waals surface area contributed by atoms with Crippen molar-refractivity contribution >= 4 is 11.8 Å². The molecule has 0 saturated heterocycles. The van der Waals surface area contributed by atoms with E-state index in [1.807, 2.05) is 0 Å². The number of hydrogen-bond donors (Lipinski definition) is 1. The molecular weight excluding hydrogens is 132 g/mol. The topological polar surface area (TPSA) is 54.4 Å². The van der Waals surface area contributed by atoms with Crippen LogP contribution in [-0.2, 0) is 9.59 Å². The van der Waals surface area contributed by atoms with Gasteiger partial charge >= 0.3 is 5.97 Å². The zero-order chi connectivity index (χ0) is 8.15. The van der Waals surface area contributed by atoms with E-state index in [4.69, 9.17) is 5.11 Å². The lowest BCUT2D eigenvalue weighted by Gasteiger charge is -2.00. The zero-order valence-electron chi connectivity index (χ0n) is 5.83. The molecule has 3 nitrogen and oxygen atoms in total. The second-order valence-corrected chi connectivity index (χ2v) is 2.11. The number of rotatable bonds is 4. The van der Waals surface area contributed by atoms with Crippen LogP contribution in [0.5, 0.6) is 0 Å². The van der Waals surface area contributed by atoms with E-state index >= 15 is 0 Å². The van der Waals surface area contributed by atoms with Crippen LogP contribution >= 0.6 is 0 Å². The summed E-state index contributed by atoms with van der Waals surface area (Å²) in [5, 5.41) is 8.34. The van der Waals surface area contributed by atoms with Crippen LogP contribution in [0, 0.1) is 5.92 Å². The monoisotopic (exact) mass is 142 g/mol. The summed E-state index contributed by atoms with van der Waals surface area (Å²) in [5.74, 6) is -1.78. The molecule has 1 unspecified atom stereocenters. The maximum atomic E-state index is 10.5. The van der Waals surface area contributed by atoms with Crippen LogP contribution in [0.3, 0.4) is 0 Å². The lowest BCUT2D eigenvalue weighted by molar-refractivity contribution is -0.142. The first-order valence-electron chi connectivity index (χ1n) is 2.96. The van der Waals surface area contributed by atoms with Crippen molar-refractivity contribution in [2.75, 3.05) is 0 Å². The molecular formula is C7H10O3. The number of ketones is 1. The largest absolute Gasteiger partial charge is 0.481 e. The van der Waals surface area contributed by atoms with Crippen LogP contribution < -0.4 is 0 Å². The smallest absolute Gasteiger partial charge is 0.306 e. The summed E-state index contributed by atoms with van der Waals surface area (Å²) in [7, 11) is 0. The average Bonchev–Trinajstić information content (AvgIpc) is 1.87. The minimum Gasteiger partial charge on any atom is -0.481 e. The summed E-state index contributed by atoms with van der Waals surface area (Å²) in [6.07, 6.45) is 1.18. The standard InChI is InChI=1S/C7H10O3/c1-3-6(8)4-5(2)7(9)10/h3,5H,1,4H2,2H3,(H,9,10). The van der Waals surface area contributed by atoms with Gasteiger partial charge in [-0.1, -0.05) is 13.5 Å². The normalized spacial score (nSPS) is 12.1. The molecule has 0 saturated carbocycles. The van der Waals surface area contributed by atoms with E-state index in [1.165, 1.54) is 6.92 Å². The van der Waals surface area contributed by atoms with Crippen molar-refractivity contribution in [3.8, 4) is 0 Å². The molecule has 1 atom stereocenters. The Morgan fingerprint density at radius 3 is 2.50 bits per heavy atom. The van der Waals surface area contributed by atoms with Crippen molar-refractivity contribution in [3.05, 3.63) is 12.7 Å². The number of carboxylic acid groups (broad SMARTS) is 1. The summed E-state index contributed by atoms with van der Waals surface area (Å²) in [6.45, 7) is 4.72.